The van der Waals surface area contributed by atoms with Gasteiger partial charge in [0.1, 0.15) is 0 Å². The normalized spacial score (nSPS) is 23.0. The average Bonchev–Trinajstić information content (AvgIpc) is 2.49. The summed E-state index contributed by atoms with van der Waals surface area (Å²) in [6.45, 7) is 5.66. The second kappa shape index (κ2) is 7.92. The minimum atomic E-state index is 0.145. The van der Waals surface area contributed by atoms with Crippen molar-refractivity contribution >= 4 is 0 Å². The molecule has 0 amide bonds. The van der Waals surface area contributed by atoms with Crippen LogP contribution in [0.4, 0.5) is 0 Å². The Hall–Kier alpha value is -0.900. The Balaban J connectivity index is 2.29. The molecule has 0 bridgehead atoms. The van der Waals surface area contributed by atoms with E-state index < -0.39 is 0 Å². The number of hydrogen-bond acceptors (Lipinski definition) is 3. The standard InChI is InChI=1S/C18H30N2O/c1-3-17(19)18(15-8-6-7-14(2)13-15)20-11-5-4-9-16(20)10-12-21/h6-8,13,16-18,21H,3-5,9-12,19H2,1-2H3. The lowest BCUT2D eigenvalue weighted by Gasteiger charge is -2.43. The second-order valence-corrected chi connectivity index (χ2v) is 6.33. The lowest BCUT2D eigenvalue weighted by molar-refractivity contribution is 0.0619. The van der Waals surface area contributed by atoms with Crippen LogP contribution in [0.2, 0.25) is 0 Å². The van der Waals surface area contributed by atoms with Crippen LogP contribution in [0.5, 0.6) is 0 Å². The first-order valence-electron chi connectivity index (χ1n) is 8.36. The van der Waals surface area contributed by atoms with E-state index >= 15 is 0 Å². The number of hydrogen-bond donors (Lipinski definition) is 2. The average molecular weight is 290 g/mol. The van der Waals surface area contributed by atoms with E-state index in [0.717, 1.165) is 19.4 Å². The summed E-state index contributed by atoms with van der Waals surface area (Å²) in [5.41, 5.74) is 9.10. The maximum absolute atomic E-state index is 9.37. The Labute approximate surface area is 129 Å². The number of likely N-dealkylation sites (tertiary alicyclic amines) is 1. The molecular formula is C18H30N2O. The van der Waals surface area contributed by atoms with Crippen LogP contribution in [0.25, 0.3) is 0 Å². The number of nitrogens with zero attached hydrogens (tertiary/aromatic N) is 1. The molecule has 1 heterocycles. The summed E-state index contributed by atoms with van der Waals surface area (Å²) in [7, 11) is 0. The molecule has 118 valence electrons. The van der Waals surface area contributed by atoms with E-state index in [9.17, 15) is 5.11 Å². The lowest BCUT2D eigenvalue weighted by Crippen LogP contribution is -2.48. The predicted octanol–water partition coefficient (Wildman–Crippen LogP) is 3.01. The highest BCUT2D eigenvalue weighted by atomic mass is 16.3. The molecule has 0 saturated carbocycles. The Bertz CT molecular complexity index is 433. The van der Waals surface area contributed by atoms with Gasteiger partial charge in [0.15, 0.2) is 0 Å². The number of benzene rings is 1. The minimum Gasteiger partial charge on any atom is -0.396 e. The lowest BCUT2D eigenvalue weighted by atomic mass is 9.89. The van der Waals surface area contributed by atoms with Crippen molar-refractivity contribution in [3.63, 3.8) is 0 Å². The van der Waals surface area contributed by atoms with Crippen molar-refractivity contribution in [1.82, 2.24) is 4.90 Å². The second-order valence-electron chi connectivity index (χ2n) is 6.33. The van der Waals surface area contributed by atoms with Crippen molar-refractivity contribution in [3.05, 3.63) is 35.4 Å². The summed E-state index contributed by atoms with van der Waals surface area (Å²) in [4.78, 5) is 2.56. The van der Waals surface area contributed by atoms with Crippen LogP contribution >= 0.6 is 0 Å². The monoisotopic (exact) mass is 290 g/mol. The predicted molar refractivity (Wildman–Crippen MR) is 88.2 cm³/mol. The quantitative estimate of drug-likeness (QED) is 0.846. The zero-order valence-corrected chi connectivity index (χ0v) is 13.5. The van der Waals surface area contributed by atoms with Gasteiger partial charge in [-0.3, -0.25) is 4.90 Å². The van der Waals surface area contributed by atoms with E-state index in [-0.39, 0.29) is 18.7 Å². The van der Waals surface area contributed by atoms with Crippen molar-refractivity contribution in [2.75, 3.05) is 13.2 Å². The number of aliphatic hydroxyl groups excluding tert-OH is 1. The van der Waals surface area contributed by atoms with Gasteiger partial charge in [-0.25, -0.2) is 0 Å². The third-order valence-electron chi connectivity index (χ3n) is 4.75. The molecular weight excluding hydrogens is 260 g/mol. The molecule has 3 atom stereocenters. The van der Waals surface area contributed by atoms with Gasteiger partial charge in [-0.05, 0) is 44.7 Å². The number of aryl methyl sites for hydroxylation is 1. The van der Waals surface area contributed by atoms with Gasteiger partial charge in [0, 0.05) is 18.7 Å². The fourth-order valence-corrected chi connectivity index (χ4v) is 3.61. The van der Waals surface area contributed by atoms with Crippen LogP contribution in [0.1, 0.15) is 56.2 Å². The van der Waals surface area contributed by atoms with Gasteiger partial charge in [0.05, 0.1) is 6.04 Å². The highest BCUT2D eigenvalue weighted by Gasteiger charge is 2.32. The molecule has 3 N–H and O–H groups in total. The molecule has 21 heavy (non-hydrogen) atoms. The summed E-state index contributed by atoms with van der Waals surface area (Å²) in [6, 6.07) is 9.62. The first-order chi connectivity index (χ1) is 10.2. The van der Waals surface area contributed by atoms with E-state index in [2.05, 4.69) is 43.0 Å². The summed E-state index contributed by atoms with van der Waals surface area (Å²) in [5, 5.41) is 9.37. The number of aliphatic hydroxyl groups is 1. The molecule has 1 saturated heterocycles. The first-order valence-corrected chi connectivity index (χ1v) is 8.36. The Morgan fingerprint density at radius 2 is 2.19 bits per heavy atom. The summed E-state index contributed by atoms with van der Waals surface area (Å²) < 4.78 is 0. The van der Waals surface area contributed by atoms with Gasteiger partial charge in [0.25, 0.3) is 0 Å². The molecule has 1 fully saturated rings. The Morgan fingerprint density at radius 3 is 2.86 bits per heavy atom. The topological polar surface area (TPSA) is 49.5 Å². The molecule has 0 aliphatic carbocycles. The van der Waals surface area contributed by atoms with Crippen LogP contribution in [0.15, 0.2) is 24.3 Å². The molecule has 3 unspecified atom stereocenters. The number of nitrogens with two attached hydrogens (primary N) is 1. The fourth-order valence-electron chi connectivity index (χ4n) is 3.61. The highest BCUT2D eigenvalue weighted by Crippen LogP contribution is 2.33. The van der Waals surface area contributed by atoms with Gasteiger partial charge in [-0.2, -0.15) is 0 Å². The van der Waals surface area contributed by atoms with Crippen LogP contribution in [-0.2, 0) is 0 Å². The Kier molecular flexibility index (Phi) is 6.22. The smallest absolute Gasteiger partial charge is 0.0502 e. The number of rotatable bonds is 6. The highest BCUT2D eigenvalue weighted by molar-refractivity contribution is 5.26. The fraction of sp³-hybridized carbons (Fsp3) is 0.667. The van der Waals surface area contributed by atoms with Gasteiger partial charge >= 0.3 is 0 Å². The third kappa shape index (κ3) is 4.06. The first kappa shape index (κ1) is 16.5. The van der Waals surface area contributed by atoms with E-state index in [1.54, 1.807) is 0 Å². The van der Waals surface area contributed by atoms with E-state index in [1.807, 2.05) is 0 Å². The zero-order valence-electron chi connectivity index (χ0n) is 13.5. The molecule has 0 spiro atoms. The van der Waals surface area contributed by atoms with E-state index in [4.69, 9.17) is 5.73 Å². The van der Waals surface area contributed by atoms with Gasteiger partial charge < -0.3 is 10.8 Å². The number of piperidine rings is 1. The third-order valence-corrected chi connectivity index (χ3v) is 4.75. The molecule has 0 aromatic heterocycles. The van der Waals surface area contributed by atoms with Crippen molar-refractivity contribution in [3.8, 4) is 0 Å². The SMILES string of the molecule is CCC(N)C(c1cccc(C)c1)N1CCCCC1CCO. The Morgan fingerprint density at radius 1 is 1.38 bits per heavy atom. The van der Waals surface area contributed by atoms with Crippen molar-refractivity contribution < 1.29 is 5.11 Å². The van der Waals surface area contributed by atoms with Gasteiger partial charge in [-0.1, -0.05) is 43.2 Å². The molecule has 3 heteroatoms. The van der Waals surface area contributed by atoms with Crippen molar-refractivity contribution in [2.45, 2.75) is 64.1 Å². The maximum Gasteiger partial charge on any atom is 0.0502 e. The van der Waals surface area contributed by atoms with Gasteiger partial charge in [-0.15, -0.1) is 0 Å². The molecule has 3 nitrogen and oxygen atoms in total. The molecule has 1 aromatic carbocycles. The molecule has 0 radical (unpaired) electrons. The van der Waals surface area contributed by atoms with Crippen LogP contribution in [-0.4, -0.2) is 35.2 Å². The van der Waals surface area contributed by atoms with Crippen molar-refractivity contribution in [1.29, 1.82) is 0 Å². The van der Waals surface area contributed by atoms with Gasteiger partial charge in [0.2, 0.25) is 0 Å². The molecule has 1 aliphatic rings. The van der Waals surface area contributed by atoms with Crippen molar-refractivity contribution in [2.24, 2.45) is 5.73 Å². The maximum atomic E-state index is 9.37. The molecule has 1 aliphatic heterocycles. The molecule has 2 rings (SSSR count). The van der Waals surface area contributed by atoms with E-state index in [0.29, 0.717) is 6.04 Å². The summed E-state index contributed by atoms with van der Waals surface area (Å²) in [5.74, 6) is 0. The van der Waals surface area contributed by atoms with Crippen LogP contribution in [0.3, 0.4) is 0 Å². The molecule has 1 aromatic rings. The van der Waals surface area contributed by atoms with Crippen LogP contribution in [0, 0.1) is 6.92 Å². The minimum absolute atomic E-state index is 0.145. The largest absolute Gasteiger partial charge is 0.396 e. The summed E-state index contributed by atoms with van der Waals surface area (Å²) in [6.07, 6.45) is 5.52. The van der Waals surface area contributed by atoms with E-state index in [1.165, 1.54) is 30.4 Å². The summed E-state index contributed by atoms with van der Waals surface area (Å²) >= 11 is 0. The zero-order chi connectivity index (χ0) is 15.2. The van der Waals surface area contributed by atoms with Crippen LogP contribution < -0.4 is 5.73 Å².